The van der Waals surface area contributed by atoms with E-state index in [1.54, 1.807) is 36.4 Å². The smallest absolute Gasteiger partial charge is 0.340 e. The summed E-state index contributed by atoms with van der Waals surface area (Å²) in [5, 5.41) is 23.3. The number of phenols is 2. The van der Waals surface area contributed by atoms with Gasteiger partial charge in [0.05, 0.1) is 136 Å². The Labute approximate surface area is 340 Å². The van der Waals surface area contributed by atoms with Crippen LogP contribution in [-0.4, -0.2) is 120 Å². The van der Waals surface area contributed by atoms with E-state index in [0.29, 0.717) is 97.4 Å². The van der Waals surface area contributed by atoms with E-state index < -0.39 is 11.6 Å². The predicted molar refractivity (Wildman–Crippen MR) is 210 cm³/mol. The fourth-order valence-electron chi connectivity index (χ4n) is 7.13. The summed E-state index contributed by atoms with van der Waals surface area (Å²) in [6, 6.07) is 14.4. The van der Waals surface area contributed by atoms with Gasteiger partial charge >= 0.3 is 5.97 Å². The number of esters is 1. The number of aromatic hydroxyl groups is 2. The molecule has 0 amide bonds. The van der Waals surface area contributed by atoms with Gasteiger partial charge in [-0.3, -0.25) is 0 Å². The summed E-state index contributed by atoms with van der Waals surface area (Å²) in [6.45, 7) is 11.8. The van der Waals surface area contributed by atoms with Gasteiger partial charge < -0.3 is 62.3 Å². The highest BCUT2D eigenvalue weighted by molar-refractivity contribution is 5.96. The lowest BCUT2D eigenvalue weighted by Gasteiger charge is -2.32. The number of ether oxygens (including phenoxy) is 11. The SMILES string of the molecule is C[C@H]1COC[C@H](C)OCCOCc2cc(C3(c4cc5c(O)c(c4)COCCO[C@@H](C)COC[C@H](C)OCCOC5)OC(=O)c4ccccc43)cc(c2O)COCCO1. The molecule has 0 fully saturated rings. The second-order valence-corrected chi connectivity index (χ2v) is 14.9. The number of benzene rings is 3. The van der Waals surface area contributed by atoms with Crippen molar-refractivity contribution in [3.8, 4) is 11.5 Å². The molecule has 14 heteroatoms. The minimum atomic E-state index is -1.52. The molecule has 0 unspecified atom stereocenters. The molecule has 3 aliphatic rings. The molecule has 0 aliphatic carbocycles. The van der Waals surface area contributed by atoms with Crippen LogP contribution >= 0.6 is 0 Å². The molecule has 0 radical (unpaired) electrons. The summed E-state index contributed by atoms with van der Waals surface area (Å²) < 4.78 is 65.8. The third-order valence-electron chi connectivity index (χ3n) is 10.1. The van der Waals surface area contributed by atoms with Crippen molar-refractivity contribution in [2.24, 2.45) is 0 Å². The van der Waals surface area contributed by atoms with Crippen molar-refractivity contribution in [1.82, 2.24) is 0 Å². The third-order valence-corrected chi connectivity index (χ3v) is 10.1. The Balaban J connectivity index is 1.41. The van der Waals surface area contributed by atoms with Crippen LogP contribution in [0.4, 0.5) is 0 Å². The van der Waals surface area contributed by atoms with E-state index in [4.69, 9.17) is 52.1 Å². The van der Waals surface area contributed by atoms with Crippen LogP contribution in [0.25, 0.3) is 0 Å². The van der Waals surface area contributed by atoms with Gasteiger partial charge in [-0.05, 0) is 58.0 Å². The van der Waals surface area contributed by atoms with Crippen molar-refractivity contribution < 1.29 is 67.1 Å². The zero-order valence-electron chi connectivity index (χ0n) is 34.0. The summed E-state index contributed by atoms with van der Waals surface area (Å²) in [4.78, 5) is 13.9. The molecular formula is C44H58O14. The van der Waals surface area contributed by atoms with Gasteiger partial charge in [0.1, 0.15) is 11.5 Å². The molecule has 0 saturated heterocycles. The van der Waals surface area contributed by atoms with E-state index in [1.807, 2.05) is 39.8 Å². The first kappa shape index (κ1) is 43.9. The topological polar surface area (TPSA) is 159 Å². The summed E-state index contributed by atoms with van der Waals surface area (Å²) >= 11 is 0. The lowest BCUT2D eigenvalue weighted by Crippen LogP contribution is -2.30. The third kappa shape index (κ3) is 11.3. The van der Waals surface area contributed by atoms with E-state index in [2.05, 4.69) is 0 Å². The highest BCUT2D eigenvalue weighted by atomic mass is 16.6. The molecule has 58 heavy (non-hydrogen) atoms. The van der Waals surface area contributed by atoms with Crippen LogP contribution < -0.4 is 0 Å². The zero-order valence-corrected chi connectivity index (χ0v) is 34.0. The first-order valence-corrected chi connectivity index (χ1v) is 20.1. The van der Waals surface area contributed by atoms with Crippen molar-refractivity contribution in [2.75, 3.05) is 79.3 Å². The molecule has 4 bridgehead atoms. The second kappa shape index (κ2) is 21.5. The number of rotatable bonds is 2. The quantitative estimate of drug-likeness (QED) is 0.321. The Morgan fingerprint density at radius 2 is 0.845 bits per heavy atom. The van der Waals surface area contributed by atoms with Gasteiger partial charge in [-0.15, -0.1) is 0 Å². The van der Waals surface area contributed by atoms with Crippen molar-refractivity contribution in [2.45, 2.75) is 84.1 Å². The highest BCUT2D eigenvalue weighted by Gasteiger charge is 2.49. The number of phenolic OH excluding ortho intramolecular Hbond substituents is 2. The van der Waals surface area contributed by atoms with E-state index in [-0.39, 0.29) is 88.8 Å². The highest BCUT2D eigenvalue weighted by Crippen LogP contribution is 2.49. The van der Waals surface area contributed by atoms with E-state index >= 15 is 0 Å². The van der Waals surface area contributed by atoms with Gasteiger partial charge in [0.25, 0.3) is 0 Å². The van der Waals surface area contributed by atoms with Crippen LogP contribution in [0.15, 0.2) is 48.5 Å². The number of hydrogen-bond acceptors (Lipinski definition) is 14. The van der Waals surface area contributed by atoms with Gasteiger partial charge in [0.15, 0.2) is 5.60 Å². The zero-order chi connectivity index (χ0) is 40.9. The average Bonchev–Trinajstić information content (AvgIpc) is 3.51. The fourth-order valence-corrected chi connectivity index (χ4v) is 7.13. The molecule has 3 aromatic rings. The summed E-state index contributed by atoms with van der Waals surface area (Å²) in [7, 11) is 0. The lowest BCUT2D eigenvalue weighted by molar-refractivity contribution is -0.0652. The number of carbonyl (C=O) groups excluding carboxylic acids is 1. The molecule has 2 N–H and O–H groups in total. The molecule has 0 aromatic heterocycles. The second-order valence-electron chi connectivity index (χ2n) is 14.9. The summed E-state index contributed by atoms with van der Waals surface area (Å²) in [5.41, 5.74) is 2.41. The Morgan fingerprint density at radius 1 is 0.500 bits per heavy atom. The van der Waals surface area contributed by atoms with Crippen LogP contribution in [-0.2, 0) is 84.1 Å². The Kier molecular flexibility index (Phi) is 16.3. The maximum absolute atomic E-state index is 13.9. The Morgan fingerprint density at radius 3 is 1.21 bits per heavy atom. The first-order valence-electron chi connectivity index (χ1n) is 20.1. The van der Waals surface area contributed by atoms with Crippen molar-refractivity contribution in [1.29, 1.82) is 0 Å². The van der Waals surface area contributed by atoms with Gasteiger partial charge in [-0.25, -0.2) is 4.79 Å². The maximum atomic E-state index is 13.9. The van der Waals surface area contributed by atoms with Crippen LogP contribution in [0.5, 0.6) is 11.5 Å². The molecule has 3 aromatic carbocycles. The monoisotopic (exact) mass is 810 g/mol. The molecule has 3 heterocycles. The van der Waals surface area contributed by atoms with E-state index in [0.717, 1.165) is 0 Å². The first-order chi connectivity index (χ1) is 28.2. The minimum Gasteiger partial charge on any atom is -0.507 e. The number of cyclic esters (lactones) is 1. The summed E-state index contributed by atoms with van der Waals surface area (Å²) in [6.07, 6.45) is -0.617. The van der Waals surface area contributed by atoms with Crippen LogP contribution in [0.1, 0.15) is 77.0 Å². The van der Waals surface area contributed by atoms with Crippen molar-refractivity contribution in [3.63, 3.8) is 0 Å². The molecule has 3 aliphatic heterocycles. The van der Waals surface area contributed by atoms with Crippen LogP contribution in [0, 0.1) is 0 Å². The summed E-state index contributed by atoms with van der Waals surface area (Å²) in [5.74, 6) is -0.514. The molecular weight excluding hydrogens is 752 g/mol. The van der Waals surface area contributed by atoms with Gasteiger partial charge in [-0.2, -0.15) is 0 Å². The average molecular weight is 811 g/mol. The molecule has 318 valence electrons. The van der Waals surface area contributed by atoms with E-state index in [1.165, 1.54) is 0 Å². The number of fused-ring (bicyclic) bond motifs is 5. The number of carbonyl (C=O) groups is 1. The van der Waals surface area contributed by atoms with Crippen molar-refractivity contribution >= 4 is 5.97 Å². The van der Waals surface area contributed by atoms with Gasteiger partial charge in [0, 0.05) is 38.9 Å². The minimum absolute atomic E-state index is 0.00257. The maximum Gasteiger partial charge on any atom is 0.340 e. The van der Waals surface area contributed by atoms with Crippen LogP contribution in [0.3, 0.4) is 0 Å². The van der Waals surface area contributed by atoms with E-state index in [9.17, 15) is 15.0 Å². The van der Waals surface area contributed by atoms with Crippen molar-refractivity contribution in [3.05, 3.63) is 93.0 Å². The molecule has 6 rings (SSSR count). The van der Waals surface area contributed by atoms with Crippen LogP contribution in [0.2, 0.25) is 0 Å². The van der Waals surface area contributed by atoms with Gasteiger partial charge in [0.2, 0.25) is 0 Å². The molecule has 0 saturated carbocycles. The predicted octanol–water partition coefficient (Wildman–Crippen LogP) is 5.31. The standard InChI is InChI=1S/C44H58O14/c1-29-21-52-22-30(2)55-14-10-49-26-34-18-37(17-33(41(34)45)25-48-9-13-54-29)44(40-8-6-5-7-39(40)43(47)58-44)38-19-35-27-50-11-15-56-31(3)23-53-24-32(4)57-16-12-51-28-36(20-38)42(35)46/h5-8,17-20,29-32,45-46H,9-16,21-28H2,1-4H3/t29-,30-,31-,32-/m0/s1. The normalized spacial score (nSPS) is 25.3. The molecule has 4 atom stereocenters. The Hall–Kier alpha value is -3.67. The van der Waals surface area contributed by atoms with Gasteiger partial charge in [-0.1, -0.05) is 18.2 Å². The molecule has 14 nitrogen and oxygen atoms in total. The fraction of sp³-hybridized carbons (Fsp3) is 0.568. The molecule has 0 spiro atoms. The number of hydrogen-bond donors (Lipinski definition) is 2. The largest absolute Gasteiger partial charge is 0.507 e. The lowest BCUT2D eigenvalue weighted by atomic mass is 9.77. The Bertz CT molecular complexity index is 1600.